The molecule has 0 radical (unpaired) electrons. The number of rotatable bonds is 2. The van der Waals surface area contributed by atoms with Gasteiger partial charge in [0.05, 0.1) is 5.56 Å². The maximum absolute atomic E-state index is 13.1. The van der Waals surface area contributed by atoms with Crippen molar-refractivity contribution in [3.8, 4) is 0 Å². The zero-order valence-electron chi connectivity index (χ0n) is 6.92. The lowest BCUT2D eigenvalue weighted by molar-refractivity contribution is 0.145. The van der Waals surface area contributed by atoms with Crippen LogP contribution in [0.25, 0.3) is 0 Å². The fraction of sp³-hybridized carbons (Fsp3) is 0.167. The predicted octanol–water partition coefficient (Wildman–Crippen LogP) is 1.46. The second kappa shape index (κ2) is 3.95. The molecule has 0 bridgehead atoms. The normalized spacial score (nSPS) is 12.1. The highest BCUT2D eigenvalue weighted by molar-refractivity contribution is 7.89. The molecular weight excluding hydrogens is 257 g/mol. The molecule has 0 unspecified atom stereocenters. The SMILES string of the molecule is NS(=O)(=O)c1nc(Cl)cc(C(F)F)c1F. The van der Waals surface area contributed by atoms with Gasteiger partial charge in [0, 0.05) is 0 Å². The summed E-state index contributed by atoms with van der Waals surface area (Å²) in [6, 6.07) is 0.538. The average molecular weight is 261 g/mol. The first kappa shape index (κ1) is 12.2. The quantitative estimate of drug-likeness (QED) is 0.818. The van der Waals surface area contributed by atoms with E-state index in [0.717, 1.165) is 0 Å². The Bertz CT molecular complexity index is 491. The van der Waals surface area contributed by atoms with Crippen molar-refractivity contribution in [1.82, 2.24) is 4.98 Å². The fourth-order valence-electron chi connectivity index (χ4n) is 0.841. The van der Waals surface area contributed by atoms with E-state index in [2.05, 4.69) is 10.1 Å². The van der Waals surface area contributed by atoms with Gasteiger partial charge in [-0.3, -0.25) is 0 Å². The van der Waals surface area contributed by atoms with Crippen LogP contribution in [0.3, 0.4) is 0 Å². The minimum Gasteiger partial charge on any atom is -0.223 e. The summed E-state index contributed by atoms with van der Waals surface area (Å²) in [7, 11) is -4.52. The molecule has 0 saturated heterocycles. The third-order valence-electron chi connectivity index (χ3n) is 1.43. The molecule has 0 fully saturated rings. The highest BCUT2D eigenvalue weighted by Crippen LogP contribution is 2.27. The van der Waals surface area contributed by atoms with Gasteiger partial charge in [-0.2, -0.15) is 0 Å². The van der Waals surface area contributed by atoms with Crippen LogP contribution >= 0.6 is 11.6 Å². The number of halogens is 4. The summed E-state index contributed by atoms with van der Waals surface area (Å²) < 4.78 is 59.1. The zero-order valence-corrected chi connectivity index (χ0v) is 8.49. The molecule has 1 heterocycles. The molecular formula is C6H4ClF3N2O2S. The number of sulfonamides is 1. The zero-order chi connectivity index (χ0) is 11.8. The van der Waals surface area contributed by atoms with Gasteiger partial charge in [0.2, 0.25) is 5.03 Å². The molecule has 0 saturated carbocycles. The van der Waals surface area contributed by atoms with E-state index in [1.54, 1.807) is 0 Å². The smallest absolute Gasteiger partial charge is 0.223 e. The third kappa shape index (κ3) is 2.58. The molecule has 0 amide bonds. The van der Waals surface area contributed by atoms with Crippen molar-refractivity contribution in [2.75, 3.05) is 0 Å². The highest BCUT2D eigenvalue weighted by atomic mass is 35.5. The second-order valence-electron chi connectivity index (χ2n) is 2.50. The van der Waals surface area contributed by atoms with Crippen LogP contribution in [0.2, 0.25) is 5.15 Å². The van der Waals surface area contributed by atoms with Gasteiger partial charge in [-0.15, -0.1) is 0 Å². The first-order valence-electron chi connectivity index (χ1n) is 3.40. The summed E-state index contributed by atoms with van der Waals surface area (Å²) in [5.74, 6) is -1.68. The molecule has 84 valence electrons. The summed E-state index contributed by atoms with van der Waals surface area (Å²) in [4.78, 5) is 3.03. The molecule has 0 aliphatic heterocycles. The van der Waals surface area contributed by atoms with Gasteiger partial charge in [-0.1, -0.05) is 11.6 Å². The molecule has 0 spiro atoms. The molecule has 0 aliphatic rings. The van der Waals surface area contributed by atoms with Crippen LogP contribution < -0.4 is 5.14 Å². The number of hydrogen-bond donors (Lipinski definition) is 1. The standard InChI is InChI=1S/C6H4ClF3N2O2S/c7-3-1-2(5(9)10)4(8)6(12-3)15(11,13)14/h1,5H,(H2,11,13,14). The summed E-state index contributed by atoms with van der Waals surface area (Å²) in [5, 5.41) is 2.70. The lowest BCUT2D eigenvalue weighted by Gasteiger charge is -2.05. The van der Waals surface area contributed by atoms with Crippen molar-refractivity contribution in [3.05, 3.63) is 22.6 Å². The molecule has 1 rings (SSSR count). The maximum Gasteiger partial charge on any atom is 0.266 e. The Kier molecular flexibility index (Phi) is 3.22. The Morgan fingerprint density at radius 1 is 1.47 bits per heavy atom. The van der Waals surface area contributed by atoms with Crippen molar-refractivity contribution < 1.29 is 21.6 Å². The van der Waals surface area contributed by atoms with Gasteiger partial charge in [0.15, 0.2) is 5.82 Å². The lowest BCUT2D eigenvalue weighted by Crippen LogP contribution is -2.17. The number of nitrogens with two attached hydrogens (primary N) is 1. The van der Waals surface area contributed by atoms with E-state index < -0.39 is 38.0 Å². The maximum atomic E-state index is 13.1. The van der Waals surface area contributed by atoms with E-state index in [1.807, 2.05) is 0 Å². The van der Waals surface area contributed by atoms with Crippen LogP contribution in [0.4, 0.5) is 13.2 Å². The van der Waals surface area contributed by atoms with E-state index in [1.165, 1.54) is 0 Å². The Morgan fingerprint density at radius 3 is 2.40 bits per heavy atom. The van der Waals surface area contributed by atoms with Crippen LogP contribution in [-0.4, -0.2) is 13.4 Å². The number of alkyl halides is 2. The van der Waals surface area contributed by atoms with E-state index >= 15 is 0 Å². The highest BCUT2D eigenvalue weighted by Gasteiger charge is 2.24. The van der Waals surface area contributed by atoms with Crippen molar-refractivity contribution in [2.24, 2.45) is 5.14 Å². The first-order valence-corrected chi connectivity index (χ1v) is 5.33. The van der Waals surface area contributed by atoms with Crippen LogP contribution in [0, 0.1) is 5.82 Å². The Hall–Kier alpha value is -0.860. The number of aromatic nitrogens is 1. The Labute approximate surface area is 87.9 Å². The molecule has 0 aromatic carbocycles. The minimum atomic E-state index is -4.52. The van der Waals surface area contributed by atoms with Gasteiger partial charge in [0.25, 0.3) is 16.4 Å². The summed E-state index contributed by atoms with van der Waals surface area (Å²) >= 11 is 5.24. The number of pyridine rings is 1. The first-order chi connectivity index (χ1) is 6.73. The molecule has 0 aliphatic carbocycles. The summed E-state index contributed by atoms with van der Waals surface area (Å²) in [5.41, 5.74) is -1.15. The van der Waals surface area contributed by atoms with Crippen molar-refractivity contribution >= 4 is 21.6 Å². The van der Waals surface area contributed by atoms with Gasteiger partial charge in [-0.25, -0.2) is 31.7 Å². The van der Waals surface area contributed by atoms with E-state index in [0.29, 0.717) is 6.07 Å². The molecule has 2 N–H and O–H groups in total. The molecule has 0 atom stereocenters. The Morgan fingerprint density at radius 2 is 2.00 bits per heavy atom. The largest absolute Gasteiger partial charge is 0.266 e. The van der Waals surface area contributed by atoms with Crippen molar-refractivity contribution in [3.63, 3.8) is 0 Å². The van der Waals surface area contributed by atoms with Crippen LogP contribution in [0.1, 0.15) is 12.0 Å². The van der Waals surface area contributed by atoms with Crippen LogP contribution in [0.5, 0.6) is 0 Å². The number of hydrogen-bond acceptors (Lipinski definition) is 3. The predicted molar refractivity (Wildman–Crippen MR) is 45.5 cm³/mol. The van der Waals surface area contributed by atoms with Gasteiger partial charge >= 0.3 is 0 Å². The lowest BCUT2D eigenvalue weighted by atomic mass is 10.3. The fourth-order valence-corrected chi connectivity index (χ4v) is 1.69. The molecule has 9 heteroatoms. The van der Waals surface area contributed by atoms with Gasteiger partial charge in [0.1, 0.15) is 5.15 Å². The van der Waals surface area contributed by atoms with Gasteiger partial charge < -0.3 is 0 Å². The molecule has 15 heavy (non-hydrogen) atoms. The number of primary sulfonamides is 1. The van der Waals surface area contributed by atoms with Crippen molar-refractivity contribution in [1.29, 1.82) is 0 Å². The summed E-state index contributed by atoms with van der Waals surface area (Å²) in [6.45, 7) is 0. The Balaban J connectivity index is 3.56. The second-order valence-corrected chi connectivity index (χ2v) is 4.36. The summed E-state index contributed by atoms with van der Waals surface area (Å²) in [6.07, 6.45) is -3.20. The van der Waals surface area contributed by atoms with E-state index in [4.69, 9.17) is 11.6 Å². The molecule has 1 aromatic heterocycles. The number of nitrogens with zero attached hydrogens (tertiary/aromatic N) is 1. The van der Waals surface area contributed by atoms with Gasteiger partial charge in [-0.05, 0) is 6.07 Å². The van der Waals surface area contributed by atoms with Crippen LogP contribution in [-0.2, 0) is 10.0 Å². The average Bonchev–Trinajstić information content (AvgIpc) is 2.06. The third-order valence-corrected chi connectivity index (χ3v) is 2.43. The molecule has 4 nitrogen and oxygen atoms in total. The van der Waals surface area contributed by atoms with E-state index in [9.17, 15) is 21.6 Å². The monoisotopic (exact) mass is 260 g/mol. The minimum absolute atomic E-state index is 0.538. The molecule has 1 aromatic rings. The van der Waals surface area contributed by atoms with Crippen LogP contribution in [0.15, 0.2) is 11.1 Å². The topological polar surface area (TPSA) is 73.1 Å². The van der Waals surface area contributed by atoms with E-state index in [-0.39, 0.29) is 0 Å². The van der Waals surface area contributed by atoms with Crippen molar-refractivity contribution in [2.45, 2.75) is 11.5 Å².